The Morgan fingerprint density at radius 2 is 1.96 bits per heavy atom. The zero-order valence-corrected chi connectivity index (χ0v) is 17.2. The smallest absolute Gasteiger partial charge is 0.234 e. The zero-order chi connectivity index (χ0) is 18.8. The van der Waals surface area contributed by atoms with Crippen LogP contribution in [0, 0.1) is 0 Å². The number of aromatic nitrogens is 3. The summed E-state index contributed by atoms with van der Waals surface area (Å²) in [5.74, 6) is 1.08. The number of carbonyl (C=O) groups is 1. The van der Waals surface area contributed by atoms with Gasteiger partial charge in [0.1, 0.15) is 0 Å². The number of nitrogens with zero attached hydrogens (tertiary/aromatic N) is 4. The first-order chi connectivity index (χ1) is 13.1. The van der Waals surface area contributed by atoms with E-state index < -0.39 is 0 Å². The molecule has 27 heavy (non-hydrogen) atoms. The molecule has 0 spiro atoms. The van der Waals surface area contributed by atoms with Crippen LogP contribution < -0.4 is 10.2 Å². The fourth-order valence-electron chi connectivity index (χ4n) is 3.24. The predicted molar refractivity (Wildman–Crippen MR) is 110 cm³/mol. The molecule has 1 aromatic carbocycles. The molecule has 0 atom stereocenters. The lowest BCUT2D eigenvalue weighted by Crippen LogP contribution is -2.32. The number of nitrogens with one attached hydrogen (secondary N) is 1. The van der Waals surface area contributed by atoms with Gasteiger partial charge >= 0.3 is 0 Å². The summed E-state index contributed by atoms with van der Waals surface area (Å²) >= 11 is 13.4. The SMILES string of the molecule is O=C(CSc1nnc(N2CCCCC2)n1C1CC1)Nc1ccc(Cl)cc1Cl. The molecule has 1 amide bonds. The summed E-state index contributed by atoms with van der Waals surface area (Å²) in [6.45, 7) is 2.07. The summed E-state index contributed by atoms with van der Waals surface area (Å²) in [4.78, 5) is 14.7. The number of thioether (sulfide) groups is 1. The zero-order valence-electron chi connectivity index (χ0n) is 14.8. The highest BCUT2D eigenvalue weighted by molar-refractivity contribution is 7.99. The molecule has 2 heterocycles. The standard InChI is InChI=1S/C18H21Cl2N5OS/c19-12-4-7-15(14(20)10-12)21-16(26)11-27-18-23-22-17(25(18)13-5-6-13)24-8-2-1-3-9-24/h4,7,10,13H,1-3,5-6,8-9,11H2,(H,21,26). The highest BCUT2D eigenvalue weighted by atomic mass is 35.5. The van der Waals surface area contributed by atoms with E-state index in [1.165, 1.54) is 31.0 Å². The molecular formula is C18H21Cl2N5OS. The molecule has 1 aliphatic carbocycles. The largest absolute Gasteiger partial charge is 0.341 e. The van der Waals surface area contributed by atoms with Crippen LogP contribution in [0.1, 0.15) is 38.1 Å². The second-order valence-corrected chi connectivity index (χ2v) is 8.68. The third-order valence-corrected chi connectivity index (χ3v) is 6.23. The van der Waals surface area contributed by atoms with E-state index in [-0.39, 0.29) is 11.7 Å². The van der Waals surface area contributed by atoms with Gasteiger partial charge in [-0.3, -0.25) is 9.36 Å². The van der Waals surface area contributed by atoms with E-state index in [2.05, 4.69) is 25.0 Å². The molecule has 1 N–H and O–H groups in total. The van der Waals surface area contributed by atoms with E-state index in [0.717, 1.165) is 37.0 Å². The van der Waals surface area contributed by atoms with Gasteiger partial charge in [-0.15, -0.1) is 10.2 Å². The van der Waals surface area contributed by atoms with E-state index in [1.54, 1.807) is 18.2 Å². The first-order valence-corrected chi connectivity index (χ1v) is 10.9. The summed E-state index contributed by atoms with van der Waals surface area (Å²) in [5.41, 5.74) is 0.560. The van der Waals surface area contributed by atoms with Gasteiger partial charge < -0.3 is 10.2 Å². The summed E-state index contributed by atoms with van der Waals surface area (Å²) in [5, 5.41) is 13.4. The molecule has 4 rings (SSSR count). The lowest BCUT2D eigenvalue weighted by Gasteiger charge is -2.27. The number of piperidine rings is 1. The average Bonchev–Trinajstić information content (AvgIpc) is 3.42. The molecule has 2 aliphatic rings. The van der Waals surface area contributed by atoms with Crippen molar-refractivity contribution in [2.24, 2.45) is 0 Å². The molecule has 1 aliphatic heterocycles. The normalized spacial score (nSPS) is 17.2. The molecular weight excluding hydrogens is 405 g/mol. The topological polar surface area (TPSA) is 63.1 Å². The van der Waals surface area contributed by atoms with Crippen molar-refractivity contribution in [3.8, 4) is 0 Å². The van der Waals surface area contributed by atoms with E-state index in [1.807, 2.05) is 0 Å². The number of anilines is 2. The molecule has 0 radical (unpaired) electrons. The van der Waals surface area contributed by atoms with Crippen molar-refractivity contribution in [1.29, 1.82) is 0 Å². The van der Waals surface area contributed by atoms with Gasteiger partial charge in [-0.2, -0.15) is 0 Å². The van der Waals surface area contributed by atoms with Crippen molar-refractivity contribution >= 4 is 52.5 Å². The maximum atomic E-state index is 12.3. The Labute approximate surface area is 172 Å². The predicted octanol–water partition coefficient (Wildman–Crippen LogP) is 4.64. The van der Waals surface area contributed by atoms with Gasteiger partial charge in [-0.1, -0.05) is 35.0 Å². The summed E-state index contributed by atoms with van der Waals surface area (Å²) < 4.78 is 2.22. The van der Waals surface area contributed by atoms with Crippen molar-refractivity contribution < 1.29 is 4.79 Å². The fraction of sp³-hybridized carbons (Fsp3) is 0.500. The van der Waals surface area contributed by atoms with Gasteiger partial charge in [0.25, 0.3) is 0 Å². The number of hydrogen-bond acceptors (Lipinski definition) is 5. The minimum atomic E-state index is -0.130. The van der Waals surface area contributed by atoms with E-state index in [4.69, 9.17) is 23.2 Å². The fourth-order valence-corrected chi connectivity index (χ4v) is 4.49. The van der Waals surface area contributed by atoms with E-state index in [9.17, 15) is 4.79 Å². The lowest BCUT2D eigenvalue weighted by molar-refractivity contribution is -0.113. The van der Waals surface area contributed by atoms with Crippen LogP contribution in [0.3, 0.4) is 0 Å². The Kier molecular flexibility index (Phi) is 5.80. The highest BCUT2D eigenvalue weighted by Gasteiger charge is 2.32. The summed E-state index contributed by atoms with van der Waals surface area (Å²) in [6.07, 6.45) is 5.98. The van der Waals surface area contributed by atoms with Crippen LogP contribution >= 0.6 is 35.0 Å². The van der Waals surface area contributed by atoms with Crippen LogP contribution in [0.2, 0.25) is 10.0 Å². The number of hydrogen-bond donors (Lipinski definition) is 1. The number of amides is 1. The quantitative estimate of drug-likeness (QED) is 0.682. The van der Waals surface area contributed by atoms with Crippen molar-refractivity contribution in [3.63, 3.8) is 0 Å². The van der Waals surface area contributed by atoms with E-state index in [0.29, 0.717) is 21.8 Å². The third-order valence-electron chi connectivity index (χ3n) is 4.74. The summed E-state index contributed by atoms with van der Waals surface area (Å²) in [6, 6.07) is 5.48. The van der Waals surface area contributed by atoms with Crippen LogP contribution in [0.5, 0.6) is 0 Å². The van der Waals surface area contributed by atoms with Crippen molar-refractivity contribution in [3.05, 3.63) is 28.2 Å². The van der Waals surface area contributed by atoms with Crippen LogP contribution in [0.15, 0.2) is 23.4 Å². The lowest BCUT2D eigenvalue weighted by atomic mass is 10.1. The Morgan fingerprint density at radius 1 is 1.19 bits per heavy atom. The Balaban J connectivity index is 1.42. The van der Waals surface area contributed by atoms with Crippen LogP contribution in [0.25, 0.3) is 0 Å². The van der Waals surface area contributed by atoms with Gasteiger partial charge in [0.05, 0.1) is 16.5 Å². The first kappa shape index (κ1) is 18.9. The monoisotopic (exact) mass is 425 g/mol. The second kappa shape index (κ2) is 8.29. The number of rotatable bonds is 6. The van der Waals surface area contributed by atoms with Gasteiger partial charge in [0.2, 0.25) is 11.9 Å². The highest BCUT2D eigenvalue weighted by Crippen LogP contribution is 2.41. The molecule has 1 saturated carbocycles. The Hall–Kier alpha value is -1.44. The molecule has 2 fully saturated rings. The molecule has 2 aromatic rings. The first-order valence-electron chi connectivity index (χ1n) is 9.19. The van der Waals surface area contributed by atoms with Gasteiger partial charge in [-0.25, -0.2) is 0 Å². The third kappa shape index (κ3) is 4.52. The van der Waals surface area contributed by atoms with E-state index >= 15 is 0 Å². The average molecular weight is 426 g/mol. The van der Waals surface area contributed by atoms with Crippen LogP contribution in [0.4, 0.5) is 11.6 Å². The molecule has 9 heteroatoms. The molecule has 1 saturated heterocycles. The molecule has 6 nitrogen and oxygen atoms in total. The molecule has 0 bridgehead atoms. The minimum Gasteiger partial charge on any atom is -0.341 e. The Bertz CT molecular complexity index is 833. The minimum absolute atomic E-state index is 0.130. The maximum Gasteiger partial charge on any atom is 0.234 e. The number of benzene rings is 1. The van der Waals surface area contributed by atoms with Crippen molar-refractivity contribution in [2.45, 2.75) is 43.3 Å². The maximum absolute atomic E-state index is 12.3. The summed E-state index contributed by atoms with van der Waals surface area (Å²) in [7, 11) is 0. The number of carbonyl (C=O) groups excluding carboxylic acids is 1. The molecule has 1 aromatic heterocycles. The van der Waals surface area contributed by atoms with Crippen molar-refractivity contribution in [2.75, 3.05) is 29.1 Å². The van der Waals surface area contributed by atoms with Gasteiger partial charge in [-0.05, 0) is 50.3 Å². The van der Waals surface area contributed by atoms with Gasteiger partial charge in [0.15, 0.2) is 5.16 Å². The van der Waals surface area contributed by atoms with Crippen molar-refractivity contribution in [1.82, 2.24) is 14.8 Å². The van der Waals surface area contributed by atoms with Gasteiger partial charge in [0, 0.05) is 24.2 Å². The number of halogens is 2. The second-order valence-electron chi connectivity index (χ2n) is 6.89. The Morgan fingerprint density at radius 3 is 2.67 bits per heavy atom. The van der Waals surface area contributed by atoms with Crippen LogP contribution in [-0.4, -0.2) is 39.5 Å². The molecule has 144 valence electrons. The molecule has 0 unspecified atom stereocenters. The van der Waals surface area contributed by atoms with Crippen LogP contribution in [-0.2, 0) is 4.79 Å².